The summed E-state index contributed by atoms with van der Waals surface area (Å²) in [4.78, 5) is 4.34. The third-order valence-electron chi connectivity index (χ3n) is 2.19. The van der Waals surface area contributed by atoms with E-state index in [0.717, 1.165) is 12.6 Å². The van der Waals surface area contributed by atoms with E-state index < -0.39 is 0 Å². The summed E-state index contributed by atoms with van der Waals surface area (Å²) in [5.74, 6) is 0. The first-order chi connectivity index (χ1) is 6.79. The highest BCUT2D eigenvalue weighted by Gasteiger charge is 1.98. The maximum atomic E-state index is 7.00. The molecule has 2 aromatic rings. The zero-order valence-corrected chi connectivity index (χ0v) is 8.78. The molecule has 2 rings (SSSR count). The summed E-state index contributed by atoms with van der Waals surface area (Å²) < 4.78 is 0. The maximum absolute atomic E-state index is 7.00. The van der Waals surface area contributed by atoms with Crippen molar-refractivity contribution in [1.29, 1.82) is 0 Å². The fourth-order valence-corrected chi connectivity index (χ4v) is 1.46. The number of hydrogen-bond acceptors (Lipinski definition) is 2. The summed E-state index contributed by atoms with van der Waals surface area (Å²) in [5, 5.41) is 8.26. The molecule has 14 heavy (non-hydrogen) atoms. The quantitative estimate of drug-likeness (QED) is 0.690. The van der Waals surface area contributed by atoms with Crippen molar-refractivity contribution >= 4 is 10.9 Å². The monoisotopic (exact) mass is 189 g/mol. The highest BCUT2D eigenvalue weighted by molar-refractivity contribution is 5.84. The first kappa shape index (κ1) is 10.7. The lowest BCUT2D eigenvalue weighted by atomic mass is 10.1. The molecular formula is C12H15NO. The number of nitrogens with zero attached hydrogens (tertiary/aromatic N) is 1. The Morgan fingerprint density at radius 2 is 1.64 bits per heavy atom. The number of fused-ring (bicyclic) bond motifs is 1. The van der Waals surface area contributed by atoms with Gasteiger partial charge in [0.1, 0.15) is 0 Å². The van der Waals surface area contributed by atoms with E-state index >= 15 is 0 Å². The standard InChI is InChI=1S/C11H11N.CH4O/c1-8-5-6-9(2)11-10(8)4-3-7-12-11;1-2/h3-7H,1-2H3;2H,1H3. The van der Waals surface area contributed by atoms with Crippen LogP contribution in [0.4, 0.5) is 0 Å². The van der Waals surface area contributed by atoms with Gasteiger partial charge in [0.15, 0.2) is 0 Å². The molecule has 0 fully saturated rings. The van der Waals surface area contributed by atoms with E-state index in [-0.39, 0.29) is 0 Å². The van der Waals surface area contributed by atoms with Crippen LogP contribution >= 0.6 is 0 Å². The summed E-state index contributed by atoms with van der Waals surface area (Å²) in [6.07, 6.45) is 1.84. The van der Waals surface area contributed by atoms with Crippen molar-refractivity contribution in [3.63, 3.8) is 0 Å². The van der Waals surface area contributed by atoms with E-state index in [9.17, 15) is 0 Å². The van der Waals surface area contributed by atoms with Gasteiger partial charge in [-0.25, -0.2) is 0 Å². The minimum atomic E-state index is 1.00. The molecule has 1 heterocycles. The van der Waals surface area contributed by atoms with Crippen LogP contribution in [0.15, 0.2) is 30.5 Å². The first-order valence-corrected chi connectivity index (χ1v) is 4.55. The Morgan fingerprint density at radius 1 is 1.00 bits per heavy atom. The number of aryl methyl sites for hydroxylation is 2. The van der Waals surface area contributed by atoms with E-state index in [1.165, 1.54) is 16.5 Å². The molecule has 1 aromatic heterocycles. The van der Waals surface area contributed by atoms with Gasteiger partial charge in [0.05, 0.1) is 5.52 Å². The van der Waals surface area contributed by atoms with Crippen molar-refractivity contribution in [1.82, 2.24) is 4.98 Å². The summed E-state index contributed by atoms with van der Waals surface area (Å²) in [5.41, 5.74) is 3.66. The topological polar surface area (TPSA) is 33.1 Å². The molecule has 0 aliphatic rings. The number of rotatable bonds is 0. The third-order valence-corrected chi connectivity index (χ3v) is 2.19. The summed E-state index contributed by atoms with van der Waals surface area (Å²) in [6, 6.07) is 8.35. The van der Waals surface area contributed by atoms with Gasteiger partial charge in [0.25, 0.3) is 0 Å². The molecule has 0 amide bonds. The van der Waals surface area contributed by atoms with Crippen LogP contribution in [-0.2, 0) is 0 Å². The predicted molar refractivity (Wildman–Crippen MR) is 59.4 cm³/mol. The van der Waals surface area contributed by atoms with Crippen molar-refractivity contribution in [2.24, 2.45) is 0 Å². The second-order valence-corrected chi connectivity index (χ2v) is 3.10. The lowest BCUT2D eigenvalue weighted by Gasteiger charge is -2.02. The van der Waals surface area contributed by atoms with Crippen LogP contribution in [-0.4, -0.2) is 17.2 Å². The number of pyridine rings is 1. The molecule has 1 aromatic carbocycles. The molecule has 0 aliphatic heterocycles. The first-order valence-electron chi connectivity index (χ1n) is 4.55. The number of hydrogen-bond donors (Lipinski definition) is 1. The van der Waals surface area contributed by atoms with Crippen molar-refractivity contribution in [3.8, 4) is 0 Å². The van der Waals surface area contributed by atoms with Gasteiger partial charge in [0, 0.05) is 18.7 Å². The molecule has 1 N–H and O–H groups in total. The summed E-state index contributed by atoms with van der Waals surface area (Å²) in [6.45, 7) is 4.21. The summed E-state index contributed by atoms with van der Waals surface area (Å²) >= 11 is 0. The van der Waals surface area contributed by atoms with Crippen molar-refractivity contribution < 1.29 is 5.11 Å². The van der Waals surface area contributed by atoms with Gasteiger partial charge >= 0.3 is 0 Å². The van der Waals surface area contributed by atoms with Gasteiger partial charge in [-0.1, -0.05) is 18.2 Å². The molecule has 74 valence electrons. The Hall–Kier alpha value is -1.41. The van der Waals surface area contributed by atoms with Crippen molar-refractivity contribution in [2.75, 3.05) is 7.11 Å². The van der Waals surface area contributed by atoms with Gasteiger partial charge in [-0.2, -0.15) is 0 Å². The normalized spacial score (nSPS) is 9.43. The lowest BCUT2D eigenvalue weighted by molar-refractivity contribution is 0.399. The van der Waals surface area contributed by atoms with Crippen LogP contribution < -0.4 is 0 Å². The summed E-state index contributed by atoms with van der Waals surface area (Å²) in [7, 11) is 1.00. The van der Waals surface area contributed by atoms with Crippen LogP contribution in [0.5, 0.6) is 0 Å². The van der Waals surface area contributed by atoms with Crippen LogP contribution in [0.1, 0.15) is 11.1 Å². The average Bonchev–Trinajstić information content (AvgIpc) is 2.27. The van der Waals surface area contributed by atoms with Crippen molar-refractivity contribution in [2.45, 2.75) is 13.8 Å². The smallest absolute Gasteiger partial charge is 0.0733 e. The number of aliphatic hydroxyl groups excluding tert-OH is 1. The van der Waals surface area contributed by atoms with Crippen LogP contribution in [0.2, 0.25) is 0 Å². The molecular weight excluding hydrogens is 174 g/mol. The Kier molecular flexibility index (Phi) is 3.60. The molecule has 0 saturated heterocycles. The van der Waals surface area contributed by atoms with E-state index in [0.29, 0.717) is 0 Å². The Bertz CT molecular complexity index is 383. The SMILES string of the molecule is CO.Cc1ccc(C)c2ncccc12. The average molecular weight is 189 g/mol. The minimum absolute atomic E-state index is 1.00. The molecule has 0 bridgehead atoms. The molecule has 0 unspecified atom stereocenters. The molecule has 0 atom stereocenters. The van der Waals surface area contributed by atoms with Gasteiger partial charge in [-0.15, -0.1) is 0 Å². The van der Waals surface area contributed by atoms with Gasteiger partial charge in [0.2, 0.25) is 0 Å². The van der Waals surface area contributed by atoms with Crippen LogP contribution in [0, 0.1) is 13.8 Å². The Morgan fingerprint density at radius 3 is 2.29 bits per heavy atom. The number of aliphatic hydroxyl groups is 1. The molecule has 2 nitrogen and oxygen atoms in total. The molecule has 0 aliphatic carbocycles. The Labute approximate surface area is 84.2 Å². The van der Waals surface area contributed by atoms with Crippen molar-refractivity contribution in [3.05, 3.63) is 41.6 Å². The van der Waals surface area contributed by atoms with E-state index in [2.05, 4.69) is 37.0 Å². The molecule has 0 radical (unpaired) electrons. The molecule has 0 saturated carbocycles. The lowest BCUT2D eigenvalue weighted by Crippen LogP contribution is -1.84. The fourth-order valence-electron chi connectivity index (χ4n) is 1.46. The number of benzene rings is 1. The Balaban J connectivity index is 0.000000461. The van der Waals surface area contributed by atoms with E-state index in [4.69, 9.17) is 5.11 Å². The molecule has 2 heteroatoms. The largest absolute Gasteiger partial charge is 0.400 e. The van der Waals surface area contributed by atoms with E-state index in [1.54, 1.807) is 0 Å². The van der Waals surface area contributed by atoms with Gasteiger partial charge < -0.3 is 5.11 Å². The second kappa shape index (κ2) is 4.72. The zero-order chi connectivity index (χ0) is 10.6. The van der Waals surface area contributed by atoms with Gasteiger partial charge in [-0.05, 0) is 31.0 Å². The van der Waals surface area contributed by atoms with Crippen LogP contribution in [0.3, 0.4) is 0 Å². The highest BCUT2D eigenvalue weighted by Crippen LogP contribution is 2.18. The van der Waals surface area contributed by atoms with E-state index in [1.807, 2.05) is 12.3 Å². The van der Waals surface area contributed by atoms with Crippen LogP contribution in [0.25, 0.3) is 10.9 Å². The highest BCUT2D eigenvalue weighted by atomic mass is 16.2. The number of aromatic nitrogens is 1. The molecule has 0 spiro atoms. The second-order valence-electron chi connectivity index (χ2n) is 3.10. The third kappa shape index (κ3) is 1.91. The maximum Gasteiger partial charge on any atom is 0.0733 e. The zero-order valence-electron chi connectivity index (χ0n) is 8.78. The minimum Gasteiger partial charge on any atom is -0.400 e. The van der Waals surface area contributed by atoms with Gasteiger partial charge in [-0.3, -0.25) is 4.98 Å². The fraction of sp³-hybridized carbons (Fsp3) is 0.250. The predicted octanol–water partition coefficient (Wildman–Crippen LogP) is 2.46.